The van der Waals surface area contributed by atoms with Crippen LogP contribution in [0.5, 0.6) is 5.75 Å². The first-order chi connectivity index (χ1) is 17.3. The van der Waals surface area contributed by atoms with Crippen LogP contribution in [0.3, 0.4) is 0 Å². The van der Waals surface area contributed by atoms with Gasteiger partial charge in [-0.2, -0.15) is 4.31 Å². The van der Waals surface area contributed by atoms with Crippen molar-refractivity contribution < 1.29 is 17.9 Å². The van der Waals surface area contributed by atoms with Gasteiger partial charge in [0.05, 0.1) is 18.0 Å². The number of sulfonamides is 1. The number of rotatable bonds is 8. The highest BCUT2D eigenvalue weighted by Crippen LogP contribution is 2.29. The number of piperazine rings is 1. The second-order valence-electron chi connectivity index (χ2n) is 9.83. The number of hydrogen-bond acceptors (Lipinski definition) is 5. The van der Waals surface area contributed by atoms with Gasteiger partial charge in [-0.15, -0.1) is 0 Å². The minimum atomic E-state index is -3.81. The molecular weight excluding hydrogens is 474 g/mol. The van der Waals surface area contributed by atoms with E-state index in [-0.39, 0.29) is 23.4 Å². The lowest BCUT2D eigenvalue weighted by Crippen LogP contribution is -2.53. The van der Waals surface area contributed by atoms with Gasteiger partial charge in [0.25, 0.3) is 0 Å². The van der Waals surface area contributed by atoms with Gasteiger partial charge in [0.1, 0.15) is 5.75 Å². The quantitative estimate of drug-likeness (QED) is 0.524. The molecule has 2 aliphatic rings. The summed E-state index contributed by atoms with van der Waals surface area (Å²) in [5.41, 5.74) is 3.74. The van der Waals surface area contributed by atoms with E-state index >= 15 is 0 Å². The van der Waals surface area contributed by atoms with Crippen molar-refractivity contribution in [3.05, 3.63) is 53.6 Å². The molecule has 0 atom stereocenters. The van der Waals surface area contributed by atoms with Crippen molar-refractivity contribution in [1.29, 1.82) is 0 Å². The smallest absolute Gasteiger partial charge is 0.243 e. The molecule has 0 radical (unpaired) electrons. The Balaban J connectivity index is 1.47. The summed E-state index contributed by atoms with van der Waals surface area (Å²) in [7, 11) is -3.81. The SMILES string of the molecule is CCOc1ccc(S(=O)(=O)N(CC(=O)N2CCN(c3cccc(C)c3C)CC2)C2CCCCC2)cc1. The number of nitrogens with zero attached hydrogens (tertiary/aromatic N) is 3. The predicted molar refractivity (Wildman–Crippen MR) is 143 cm³/mol. The Morgan fingerprint density at radius 2 is 1.64 bits per heavy atom. The van der Waals surface area contributed by atoms with E-state index in [0.29, 0.717) is 25.4 Å². The first-order valence-corrected chi connectivity index (χ1v) is 14.6. The second-order valence-corrected chi connectivity index (χ2v) is 11.7. The summed E-state index contributed by atoms with van der Waals surface area (Å²) < 4.78 is 34.4. The van der Waals surface area contributed by atoms with E-state index in [9.17, 15) is 13.2 Å². The first kappa shape index (κ1) is 26.5. The Bertz CT molecular complexity index is 1140. The van der Waals surface area contributed by atoms with E-state index in [1.807, 2.05) is 11.8 Å². The Labute approximate surface area is 216 Å². The zero-order valence-electron chi connectivity index (χ0n) is 21.8. The van der Waals surface area contributed by atoms with Gasteiger partial charge in [-0.05, 0) is 75.1 Å². The van der Waals surface area contributed by atoms with Crippen LogP contribution in [0.15, 0.2) is 47.4 Å². The Kier molecular flexibility index (Phi) is 8.57. The summed E-state index contributed by atoms with van der Waals surface area (Å²) >= 11 is 0. The summed E-state index contributed by atoms with van der Waals surface area (Å²) in [6, 6.07) is 12.7. The average molecular weight is 514 g/mol. The van der Waals surface area contributed by atoms with Crippen LogP contribution in [0.4, 0.5) is 5.69 Å². The molecular formula is C28H39N3O4S. The van der Waals surface area contributed by atoms with E-state index < -0.39 is 10.0 Å². The van der Waals surface area contributed by atoms with E-state index in [4.69, 9.17) is 4.74 Å². The number of amides is 1. The Morgan fingerprint density at radius 3 is 2.28 bits per heavy atom. The van der Waals surface area contributed by atoms with Gasteiger partial charge in [-0.1, -0.05) is 31.4 Å². The number of ether oxygens (including phenoxy) is 1. The van der Waals surface area contributed by atoms with Gasteiger partial charge in [-0.3, -0.25) is 4.79 Å². The number of carbonyl (C=O) groups is 1. The van der Waals surface area contributed by atoms with Crippen LogP contribution in [0, 0.1) is 13.8 Å². The van der Waals surface area contributed by atoms with Crippen molar-refractivity contribution in [1.82, 2.24) is 9.21 Å². The van der Waals surface area contributed by atoms with Crippen molar-refractivity contribution in [3.63, 3.8) is 0 Å². The summed E-state index contributed by atoms with van der Waals surface area (Å²) in [6.07, 6.45) is 4.68. The zero-order valence-corrected chi connectivity index (χ0v) is 22.6. The van der Waals surface area contributed by atoms with Gasteiger partial charge < -0.3 is 14.5 Å². The molecule has 0 spiro atoms. The molecule has 1 amide bonds. The van der Waals surface area contributed by atoms with Crippen LogP contribution >= 0.6 is 0 Å². The molecule has 0 unspecified atom stereocenters. The Morgan fingerprint density at radius 1 is 0.972 bits per heavy atom. The highest BCUT2D eigenvalue weighted by molar-refractivity contribution is 7.89. The molecule has 8 heteroatoms. The number of hydrogen-bond donors (Lipinski definition) is 0. The third-order valence-corrected chi connectivity index (χ3v) is 9.48. The van der Waals surface area contributed by atoms with Gasteiger partial charge in [-0.25, -0.2) is 8.42 Å². The molecule has 7 nitrogen and oxygen atoms in total. The maximum absolute atomic E-state index is 13.7. The predicted octanol–water partition coefficient (Wildman–Crippen LogP) is 4.37. The lowest BCUT2D eigenvalue weighted by Gasteiger charge is -2.39. The molecule has 2 aromatic rings. The maximum Gasteiger partial charge on any atom is 0.243 e. The monoisotopic (exact) mass is 513 g/mol. The van der Waals surface area contributed by atoms with Gasteiger partial charge in [0.2, 0.25) is 15.9 Å². The third-order valence-electron chi connectivity index (χ3n) is 7.56. The van der Waals surface area contributed by atoms with Gasteiger partial charge >= 0.3 is 0 Å². The van der Waals surface area contributed by atoms with E-state index in [1.54, 1.807) is 24.3 Å². The number of aryl methyl sites for hydroxylation is 1. The third kappa shape index (κ3) is 5.86. The normalized spacial score (nSPS) is 17.4. The van der Waals surface area contributed by atoms with Gasteiger partial charge in [0.15, 0.2) is 0 Å². The lowest BCUT2D eigenvalue weighted by molar-refractivity contribution is -0.132. The summed E-state index contributed by atoms with van der Waals surface area (Å²) in [6.45, 7) is 9.22. The lowest BCUT2D eigenvalue weighted by atomic mass is 9.95. The molecule has 2 aromatic carbocycles. The number of carbonyl (C=O) groups excluding carboxylic acids is 1. The fraction of sp³-hybridized carbons (Fsp3) is 0.536. The first-order valence-electron chi connectivity index (χ1n) is 13.1. The molecule has 4 rings (SSSR count). The fourth-order valence-electron chi connectivity index (χ4n) is 5.30. The largest absolute Gasteiger partial charge is 0.494 e. The van der Waals surface area contributed by atoms with Crippen molar-refractivity contribution in [2.24, 2.45) is 0 Å². The molecule has 1 saturated heterocycles. The molecule has 1 aliphatic heterocycles. The second kappa shape index (κ2) is 11.6. The van der Waals surface area contributed by atoms with Crippen molar-refractivity contribution in [3.8, 4) is 5.75 Å². The summed E-state index contributed by atoms with van der Waals surface area (Å²) in [5.74, 6) is 0.522. The summed E-state index contributed by atoms with van der Waals surface area (Å²) in [4.78, 5) is 17.8. The topological polar surface area (TPSA) is 70.2 Å². The molecule has 196 valence electrons. The standard InChI is InChI=1S/C28H39N3O4S/c1-4-35-25-13-15-26(16-14-25)36(33,34)31(24-10-6-5-7-11-24)21-28(32)30-19-17-29(18-20-30)27-12-8-9-22(2)23(27)3/h8-9,12-16,24H,4-7,10-11,17-21H2,1-3H3. The van der Waals surface area contributed by atoms with E-state index in [0.717, 1.165) is 45.2 Å². The zero-order chi connectivity index (χ0) is 25.7. The van der Waals surface area contributed by atoms with Crippen LogP contribution in [-0.4, -0.2) is 68.9 Å². The molecule has 0 bridgehead atoms. The minimum absolute atomic E-state index is 0.107. The van der Waals surface area contributed by atoms with Crippen molar-refractivity contribution in [2.75, 3.05) is 44.2 Å². The molecule has 2 fully saturated rings. The molecule has 1 heterocycles. The fourth-order valence-corrected chi connectivity index (χ4v) is 6.93. The molecule has 1 aliphatic carbocycles. The highest BCUT2D eigenvalue weighted by atomic mass is 32.2. The maximum atomic E-state index is 13.7. The van der Waals surface area contributed by atoms with Crippen molar-refractivity contribution in [2.45, 2.75) is 63.8 Å². The number of benzene rings is 2. The molecule has 0 aromatic heterocycles. The minimum Gasteiger partial charge on any atom is -0.494 e. The molecule has 0 N–H and O–H groups in total. The number of anilines is 1. The van der Waals surface area contributed by atoms with E-state index in [2.05, 4.69) is 36.9 Å². The van der Waals surface area contributed by atoms with Crippen LogP contribution in [-0.2, 0) is 14.8 Å². The molecule has 1 saturated carbocycles. The van der Waals surface area contributed by atoms with Crippen LogP contribution < -0.4 is 9.64 Å². The van der Waals surface area contributed by atoms with Crippen molar-refractivity contribution >= 4 is 21.6 Å². The van der Waals surface area contributed by atoms with E-state index in [1.165, 1.54) is 21.1 Å². The van der Waals surface area contributed by atoms with Gasteiger partial charge in [0, 0.05) is 37.9 Å². The average Bonchev–Trinajstić information content (AvgIpc) is 2.90. The highest BCUT2D eigenvalue weighted by Gasteiger charge is 2.35. The van der Waals surface area contributed by atoms with Crippen LogP contribution in [0.25, 0.3) is 0 Å². The summed E-state index contributed by atoms with van der Waals surface area (Å²) in [5, 5.41) is 0. The van der Waals surface area contributed by atoms with Crippen LogP contribution in [0.1, 0.15) is 50.2 Å². The van der Waals surface area contributed by atoms with Crippen LogP contribution in [0.2, 0.25) is 0 Å². The molecule has 36 heavy (non-hydrogen) atoms. The Hall–Kier alpha value is -2.58.